The molecule has 0 aromatic heterocycles. The van der Waals surface area contributed by atoms with E-state index in [-0.39, 0.29) is 17.9 Å². The molecule has 0 spiro atoms. The number of nitro groups is 1. The molecule has 2 aromatic carbocycles. The van der Waals surface area contributed by atoms with Crippen LogP contribution in [-0.4, -0.2) is 10.9 Å². The summed E-state index contributed by atoms with van der Waals surface area (Å²) >= 11 is 0. The Kier molecular flexibility index (Phi) is 4.49. The molecule has 0 aliphatic heterocycles. The van der Waals surface area contributed by atoms with Gasteiger partial charge in [-0.2, -0.15) is 5.26 Å². The highest BCUT2D eigenvalue weighted by Crippen LogP contribution is 2.19. The van der Waals surface area contributed by atoms with Crippen molar-refractivity contribution in [3.63, 3.8) is 0 Å². The molecule has 0 atom stereocenters. The van der Waals surface area contributed by atoms with Crippen LogP contribution in [0.15, 0.2) is 42.5 Å². The van der Waals surface area contributed by atoms with Crippen molar-refractivity contribution in [1.29, 1.82) is 5.26 Å². The zero-order valence-electron chi connectivity index (χ0n) is 11.8. The fourth-order valence-electron chi connectivity index (χ4n) is 1.97. The van der Waals surface area contributed by atoms with E-state index in [1.165, 1.54) is 18.2 Å². The minimum Gasteiger partial charge on any atom is -0.457 e. The second-order valence-electron chi connectivity index (χ2n) is 4.60. The van der Waals surface area contributed by atoms with Crippen LogP contribution in [0, 0.1) is 28.4 Å². The third kappa shape index (κ3) is 3.27. The van der Waals surface area contributed by atoms with Crippen LogP contribution in [-0.2, 0) is 11.3 Å². The first-order chi connectivity index (χ1) is 10.5. The average Bonchev–Trinajstić information content (AvgIpc) is 2.52. The molecule has 22 heavy (non-hydrogen) atoms. The molecule has 0 saturated carbocycles. The van der Waals surface area contributed by atoms with Crippen LogP contribution in [0.5, 0.6) is 0 Å². The largest absolute Gasteiger partial charge is 0.457 e. The molecule has 2 aromatic rings. The number of rotatable bonds is 4. The number of nitrogens with zero attached hydrogens (tertiary/aromatic N) is 2. The molecule has 2 rings (SSSR count). The zero-order valence-corrected chi connectivity index (χ0v) is 11.8. The van der Waals surface area contributed by atoms with Gasteiger partial charge in [0.15, 0.2) is 0 Å². The van der Waals surface area contributed by atoms with E-state index in [0.717, 1.165) is 0 Å². The number of aryl methyl sites for hydroxylation is 1. The van der Waals surface area contributed by atoms with Gasteiger partial charge in [0.1, 0.15) is 6.61 Å². The van der Waals surface area contributed by atoms with Crippen LogP contribution in [0.25, 0.3) is 0 Å². The summed E-state index contributed by atoms with van der Waals surface area (Å²) in [6, 6.07) is 12.9. The number of ether oxygens (including phenoxy) is 1. The molecular weight excluding hydrogens is 284 g/mol. The first-order valence-corrected chi connectivity index (χ1v) is 6.43. The minimum absolute atomic E-state index is 0.0292. The summed E-state index contributed by atoms with van der Waals surface area (Å²) in [5, 5.41) is 19.7. The summed E-state index contributed by atoms with van der Waals surface area (Å²) in [5.74, 6) is -0.592. The van der Waals surface area contributed by atoms with E-state index in [0.29, 0.717) is 16.7 Å². The van der Waals surface area contributed by atoms with Gasteiger partial charge < -0.3 is 4.74 Å². The lowest BCUT2D eigenvalue weighted by Crippen LogP contribution is -2.07. The Morgan fingerprint density at radius 1 is 1.32 bits per heavy atom. The van der Waals surface area contributed by atoms with E-state index in [1.807, 2.05) is 6.07 Å². The van der Waals surface area contributed by atoms with E-state index in [1.54, 1.807) is 31.2 Å². The predicted octanol–water partition coefficient (Wildman–Crippen LogP) is 3.13. The number of carbonyl (C=O) groups is 1. The van der Waals surface area contributed by atoms with Crippen LogP contribution in [0.2, 0.25) is 0 Å². The van der Waals surface area contributed by atoms with Crippen molar-refractivity contribution >= 4 is 11.7 Å². The fraction of sp³-hybridized carbons (Fsp3) is 0.125. The van der Waals surface area contributed by atoms with Gasteiger partial charge in [-0.3, -0.25) is 10.1 Å². The van der Waals surface area contributed by atoms with E-state index < -0.39 is 10.9 Å². The maximum atomic E-state index is 12.0. The van der Waals surface area contributed by atoms with Gasteiger partial charge in [-0.25, -0.2) is 4.79 Å². The van der Waals surface area contributed by atoms with E-state index in [4.69, 9.17) is 10.00 Å². The van der Waals surface area contributed by atoms with Crippen molar-refractivity contribution in [3.8, 4) is 6.07 Å². The van der Waals surface area contributed by atoms with Crippen LogP contribution in [0.3, 0.4) is 0 Å². The average molecular weight is 296 g/mol. The summed E-state index contributed by atoms with van der Waals surface area (Å²) < 4.78 is 5.15. The summed E-state index contributed by atoms with van der Waals surface area (Å²) in [5.41, 5.74) is 1.62. The molecule has 0 radical (unpaired) electrons. The molecule has 110 valence electrons. The topological polar surface area (TPSA) is 93.2 Å². The summed E-state index contributed by atoms with van der Waals surface area (Å²) in [6.45, 7) is 1.53. The van der Waals surface area contributed by atoms with Gasteiger partial charge in [0.2, 0.25) is 0 Å². The Morgan fingerprint density at radius 2 is 2.05 bits per heavy atom. The van der Waals surface area contributed by atoms with E-state index in [9.17, 15) is 14.9 Å². The van der Waals surface area contributed by atoms with Crippen LogP contribution >= 0.6 is 0 Å². The summed E-state index contributed by atoms with van der Waals surface area (Å²) in [7, 11) is 0. The SMILES string of the molecule is Cc1cc(C(=O)OCc2ccccc2C#N)ccc1[N+](=O)[O-]. The van der Waals surface area contributed by atoms with Gasteiger partial charge >= 0.3 is 5.97 Å². The monoisotopic (exact) mass is 296 g/mol. The van der Waals surface area contributed by atoms with Crippen LogP contribution < -0.4 is 0 Å². The lowest BCUT2D eigenvalue weighted by Gasteiger charge is -2.07. The van der Waals surface area contributed by atoms with Gasteiger partial charge in [0, 0.05) is 17.2 Å². The van der Waals surface area contributed by atoms with Crippen molar-refractivity contribution < 1.29 is 14.5 Å². The molecule has 6 nitrogen and oxygen atoms in total. The van der Waals surface area contributed by atoms with Gasteiger partial charge in [-0.15, -0.1) is 0 Å². The van der Waals surface area contributed by atoms with E-state index >= 15 is 0 Å². The Labute approximate surface area is 126 Å². The third-order valence-corrected chi connectivity index (χ3v) is 3.13. The lowest BCUT2D eigenvalue weighted by molar-refractivity contribution is -0.385. The number of benzene rings is 2. The molecule has 0 bridgehead atoms. The quantitative estimate of drug-likeness (QED) is 0.491. The Bertz CT molecular complexity index is 778. The molecule has 0 heterocycles. The third-order valence-electron chi connectivity index (χ3n) is 3.13. The molecule has 0 aliphatic rings. The fourth-order valence-corrected chi connectivity index (χ4v) is 1.97. The lowest BCUT2D eigenvalue weighted by atomic mass is 10.1. The number of esters is 1. The number of nitro benzene ring substituents is 1. The van der Waals surface area contributed by atoms with Crippen molar-refractivity contribution in [2.75, 3.05) is 0 Å². The van der Waals surface area contributed by atoms with Crippen molar-refractivity contribution in [2.24, 2.45) is 0 Å². The van der Waals surface area contributed by atoms with Gasteiger partial charge in [0.05, 0.1) is 22.1 Å². The second-order valence-corrected chi connectivity index (χ2v) is 4.60. The highest BCUT2D eigenvalue weighted by molar-refractivity contribution is 5.90. The standard InChI is InChI=1S/C16H12N2O4/c1-11-8-12(6-7-15(11)18(20)21)16(19)22-10-14-5-3-2-4-13(14)9-17/h2-8H,10H2,1H3. The predicted molar refractivity (Wildman–Crippen MR) is 78.1 cm³/mol. The molecule has 0 saturated heterocycles. The first kappa shape index (κ1) is 15.2. The second kappa shape index (κ2) is 6.50. The maximum Gasteiger partial charge on any atom is 0.338 e. The van der Waals surface area contributed by atoms with Crippen molar-refractivity contribution in [3.05, 3.63) is 74.8 Å². The van der Waals surface area contributed by atoms with Gasteiger partial charge in [-0.05, 0) is 25.1 Å². The zero-order chi connectivity index (χ0) is 16.1. The molecule has 0 fully saturated rings. The number of nitriles is 1. The highest BCUT2D eigenvalue weighted by atomic mass is 16.6. The van der Waals surface area contributed by atoms with Crippen LogP contribution in [0.1, 0.15) is 27.0 Å². The minimum atomic E-state index is -0.592. The number of carbonyl (C=O) groups excluding carboxylic acids is 1. The number of hydrogen-bond donors (Lipinski definition) is 0. The molecule has 0 unspecified atom stereocenters. The summed E-state index contributed by atoms with van der Waals surface area (Å²) in [4.78, 5) is 22.2. The molecule has 0 amide bonds. The van der Waals surface area contributed by atoms with Crippen LogP contribution in [0.4, 0.5) is 5.69 Å². The highest BCUT2D eigenvalue weighted by Gasteiger charge is 2.15. The summed E-state index contributed by atoms with van der Waals surface area (Å²) in [6.07, 6.45) is 0. The van der Waals surface area contributed by atoms with E-state index in [2.05, 4.69) is 0 Å². The number of hydrogen-bond acceptors (Lipinski definition) is 5. The Morgan fingerprint density at radius 3 is 2.68 bits per heavy atom. The molecule has 0 aliphatic carbocycles. The molecule has 0 N–H and O–H groups in total. The van der Waals surface area contributed by atoms with Gasteiger partial charge in [-0.1, -0.05) is 18.2 Å². The Balaban J connectivity index is 2.12. The molecule has 6 heteroatoms. The van der Waals surface area contributed by atoms with Crippen molar-refractivity contribution in [2.45, 2.75) is 13.5 Å². The normalized spacial score (nSPS) is 9.82. The smallest absolute Gasteiger partial charge is 0.338 e. The first-order valence-electron chi connectivity index (χ1n) is 6.43. The molecular formula is C16H12N2O4. The van der Waals surface area contributed by atoms with Crippen molar-refractivity contribution in [1.82, 2.24) is 0 Å². The van der Waals surface area contributed by atoms with Gasteiger partial charge in [0.25, 0.3) is 5.69 Å². The maximum absolute atomic E-state index is 12.0. The Hall–Kier alpha value is -3.20.